The third-order valence-electron chi connectivity index (χ3n) is 5.96. The molecule has 0 aliphatic rings. The van der Waals surface area contributed by atoms with Crippen LogP contribution in [-0.4, -0.2) is 25.4 Å². The van der Waals surface area contributed by atoms with Crippen LogP contribution in [0.5, 0.6) is 0 Å². The van der Waals surface area contributed by atoms with Gasteiger partial charge in [0.15, 0.2) is 0 Å². The normalized spacial score (nSPS) is 11.4. The molecule has 0 spiro atoms. The molecule has 0 unspecified atom stereocenters. The molecule has 0 atom stereocenters. The number of carboxylic acids is 1. The van der Waals surface area contributed by atoms with E-state index in [1.807, 2.05) is 13.0 Å². The van der Waals surface area contributed by atoms with Gasteiger partial charge in [0.05, 0.1) is 11.9 Å². The number of benzene rings is 3. The highest BCUT2D eigenvalue weighted by atomic mass is 35.5. The summed E-state index contributed by atoms with van der Waals surface area (Å²) in [5, 5.41) is 16.4. The van der Waals surface area contributed by atoms with Crippen molar-refractivity contribution >= 4 is 39.2 Å². The summed E-state index contributed by atoms with van der Waals surface area (Å²) in [6.07, 6.45) is 0. The van der Waals surface area contributed by atoms with Gasteiger partial charge in [0.25, 0.3) is 5.56 Å². The fourth-order valence-corrected chi connectivity index (χ4v) is 4.58. The molecule has 0 radical (unpaired) electrons. The molecular formula is C26H19ClFN3O3. The van der Waals surface area contributed by atoms with Crippen LogP contribution in [0.4, 0.5) is 4.39 Å². The fraction of sp³-hybridized carbons (Fsp3) is 0.115. The molecule has 0 aliphatic carbocycles. The van der Waals surface area contributed by atoms with Crippen molar-refractivity contribution in [3.63, 3.8) is 0 Å². The van der Waals surface area contributed by atoms with E-state index in [1.54, 1.807) is 59.2 Å². The maximum atomic E-state index is 14.4. The molecule has 0 saturated heterocycles. The minimum absolute atomic E-state index is 0.0447. The van der Waals surface area contributed by atoms with Gasteiger partial charge in [-0.15, -0.1) is 0 Å². The highest BCUT2D eigenvalue weighted by Gasteiger charge is 2.22. The number of carbonyl (C=O) groups is 1. The third kappa shape index (κ3) is 3.64. The van der Waals surface area contributed by atoms with Crippen molar-refractivity contribution in [1.29, 1.82) is 0 Å². The lowest BCUT2D eigenvalue weighted by molar-refractivity contribution is -0.137. The Bertz CT molecular complexity index is 1660. The van der Waals surface area contributed by atoms with E-state index in [9.17, 15) is 19.1 Å². The lowest BCUT2D eigenvalue weighted by atomic mass is 10.0. The van der Waals surface area contributed by atoms with Crippen molar-refractivity contribution in [1.82, 2.24) is 14.3 Å². The molecule has 3 aromatic carbocycles. The summed E-state index contributed by atoms with van der Waals surface area (Å²) in [7, 11) is 0. The van der Waals surface area contributed by atoms with Crippen LogP contribution in [0.2, 0.25) is 5.02 Å². The standard InChI is InChI=1S/C26H19ClFN3O3/c1-15-24(20-12-17(27)10-11-22(20)30(15)14-23(32)33)25-18-7-3-4-8-19(18)26(34)31(29-25)13-16-6-2-5-9-21(16)28/h2-12H,13-14H2,1H3,(H,32,33). The summed E-state index contributed by atoms with van der Waals surface area (Å²) in [5.41, 5.74) is 2.54. The van der Waals surface area contributed by atoms with Crippen LogP contribution in [-0.2, 0) is 17.9 Å². The van der Waals surface area contributed by atoms with Crippen LogP contribution in [0, 0.1) is 12.7 Å². The fourth-order valence-electron chi connectivity index (χ4n) is 4.41. The molecular weight excluding hydrogens is 457 g/mol. The van der Waals surface area contributed by atoms with Crippen LogP contribution < -0.4 is 5.56 Å². The maximum absolute atomic E-state index is 14.4. The van der Waals surface area contributed by atoms with Crippen LogP contribution in [0.15, 0.2) is 71.5 Å². The van der Waals surface area contributed by atoms with E-state index in [0.29, 0.717) is 43.8 Å². The molecule has 0 aliphatic heterocycles. The maximum Gasteiger partial charge on any atom is 0.323 e. The number of hydrogen-bond donors (Lipinski definition) is 1. The Morgan fingerprint density at radius 1 is 1.03 bits per heavy atom. The average molecular weight is 476 g/mol. The number of rotatable bonds is 5. The van der Waals surface area contributed by atoms with Gasteiger partial charge in [-0.1, -0.05) is 48.0 Å². The lowest BCUT2D eigenvalue weighted by Gasteiger charge is -2.13. The molecule has 34 heavy (non-hydrogen) atoms. The quantitative estimate of drug-likeness (QED) is 0.376. The van der Waals surface area contributed by atoms with E-state index in [1.165, 1.54) is 10.7 Å². The molecule has 0 saturated carbocycles. The Morgan fingerprint density at radius 2 is 1.74 bits per heavy atom. The predicted molar refractivity (Wildman–Crippen MR) is 130 cm³/mol. The van der Waals surface area contributed by atoms with E-state index in [2.05, 4.69) is 5.10 Å². The van der Waals surface area contributed by atoms with Gasteiger partial charge in [-0.3, -0.25) is 9.59 Å². The van der Waals surface area contributed by atoms with Gasteiger partial charge in [-0.05, 0) is 37.3 Å². The van der Waals surface area contributed by atoms with Crippen molar-refractivity contribution in [2.45, 2.75) is 20.0 Å². The van der Waals surface area contributed by atoms with Crippen molar-refractivity contribution in [2.75, 3.05) is 0 Å². The van der Waals surface area contributed by atoms with Crippen LogP contribution in [0.1, 0.15) is 11.3 Å². The first kappa shape index (κ1) is 21.9. The Balaban J connectivity index is 1.84. The molecule has 0 fully saturated rings. The van der Waals surface area contributed by atoms with Crippen LogP contribution in [0.3, 0.4) is 0 Å². The number of aromatic nitrogens is 3. The van der Waals surface area contributed by atoms with E-state index >= 15 is 0 Å². The van der Waals surface area contributed by atoms with E-state index in [4.69, 9.17) is 11.6 Å². The van der Waals surface area contributed by atoms with Crippen molar-refractivity contribution in [3.05, 3.63) is 99.2 Å². The number of fused-ring (bicyclic) bond motifs is 2. The number of carboxylic acid groups (broad SMARTS) is 1. The van der Waals surface area contributed by atoms with E-state index in [0.717, 1.165) is 5.39 Å². The summed E-state index contributed by atoms with van der Waals surface area (Å²) in [6.45, 7) is 1.53. The van der Waals surface area contributed by atoms with Gasteiger partial charge in [-0.2, -0.15) is 5.10 Å². The smallest absolute Gasteiger partial charge is 0.323 e. The zero-order valence-corrected chi connectivity index (χ0v) is 18.9. The van der Waals surface area contributed by atoms with E-state index < -0.39 is 11.8 Å². The highest BCUT2D eigenvalue weighted by molar-refractivity contribution is 6.31. The van der Waals surface area contributed by atoms with Gasteiger partial charge >= 0.3 is 5.97 Å². The zero-order chi connectivity index (χ0) is 24.0. The Labute approximate surface area is 198 Å². The Kier molecular flexibility index (Phi) is 5.42. The average Bonchev–Trinajstić information content (AvgIpc) is 3.07. The second-order valence-electron chi connectivity index (χ2n) is 8.05. The molecule has 170 valence electrons. The summed E-state index contributed by atoms with van der Waals surface area (Å²) >= 11 is 6.30. The lowest BCUT2D eigenvalue weighted by Crippen LogP contribution is -2.25. The molecule has 1 N–H and O–H groups in total. The minimum atomic E-state index is -0.983. The second-order valence-corrected chi connectivity index (χ2v) is 8.49. The highest BCUT2D eigenvalue weighted by Crippen LogP contribution is 2.37. The number of hydrogen-bond acceptors (Lipinski definition) is 3. The van der Waals surface area contributed by atoms with Crippen molar-refractivity contribution in [2.24, 2.45) is 0 Å². The molecule has 6 nitrogen and oxygen atoms in total. The number of aliphatic carboxylic acids is 1. The number of nitrogens with zero attached hydrogens (tertiary/aromatic N) is 3. The summed E-state index contributed by atoms with van der Waals surface area (Å²) in [4.78, 5) is 24.8. The first-order chi connectivity index (χ1) is 16.3. The molecule has 5 aromatic rings. The predicted octanol–water partition coefficient (Wildman–Crippen LogP) is 5.25. The third-order valence-corrected chi connectivity index (χ3v) is 6.20. The Hall–Kier alpha value is -3.97. The topological polar surface area (TPSA) is 77.1 Å². The van der Waals surface area contributed by atoms with Crippen LogP contribution >= 0.6 is 11.6 Å². The summed E-state index contributed by atoms with van der Waals surface area (Å²) in [6, 6.07) is 18.6. The van der Waals surface area contributed by atoms with Gasteiger partial charge in [0.2, 0.25) is 0 Å². The minimum Gasteiger partial charge on any atom is -0.480 e. The van der Waals surface area contributed by atoms with Gasteiger partial charge in [-0.25, -0.2) is 9.07 Å². The van der Waals surface area contributed by atoms with Crippen LogP contribution in [0.25, 0.3) is 32.9 Å². The van der Waals surface area contributed by atoms with Gasteiger partial charge in [0, 0.05) is 38.1 Å². The van der Waals surface area contributed by atoms with E-state index in [-0.39, 0.29) is 18.6 Å². The van der Waals surface area contributed by atoms with Crippen molar-refractivity contribution < 1.29 is 14.3 Å². The molecule has 5 rings (SSSR count). The molecule has 0 amide bonds. The summed E-state index contributed by atoms with van der Waals surface area (Å²) < 4.78 is 17.3. The van der Waals surface area contributed by atoms with Gasteiger partial charge in [0.1, 0.15) is 18.1 Å². The largest absolute Gasteiger partial charge is 0.480 e. The molecule has 2 heterocycles. The first-order valence-electron chi connectivity index (χ1n) is 10.6. The monoisotopic (exact) mass is 475 g/mol. The molecule has 2 aromatic heterocycles. The number of halogens is 2. The SMILES string of the molecule is Cc1c(-c2nn(Cc3ccccc3F)c(=O)c3ccccc23)c2cc(Cl)ccc2n1CC(=O)O. The van der Waals surface area contributed by atoms with Crippen molar-refractivity contribution in [3.8, 4) is 11.3 Å². The zero-order valence-electron chi connectivity index (χ0n) is 18.1. The Morgan fingerprint density at radius 3 is 2.47 bits per heavy atom. The second kappa shape index (κ2) is 8.43. The first-order valence-corrected chi connectivity index (χ1v) is 11.0. The molecule has 8 heteroatoms. The van der Waals surface area contributed by atoms with Gasteiger partial charge < -0.3 is 9.67 Å². The summed E-state index contributed by atoms with van der Waals surface area (Å²) in [5.74, 6) is -1.41. The molecule has 0 bridgehead atoms.